The number of anilines is 2. The molecule has 39 heavy (non-hydrogen) atoms. The third kappa shape index (κ3) is 5.19. The van der Waals surface area contributed by atoms with Crippen LogP contribution in [0.2, 0.25) is 0 Å². The molecular weight excluding hydrogens is 490 g/mol. The molecule has 1 amide bonds. The van der Waals surface area contributed by atoms with Gasteiger partial charge in [0.15, 0.2) is 0 Å². The summed E-state index contributed by atoms with van der Waals surface area (Å²) < 4.78 is 7.23. The van der Waals surface area contributed by atoms with Crippen LogP contribution in [0.1, 0.15) is 16.2 Å². The van der Waals surface area contributed by atoms with Crippen molar-refractivity contribution in [2.45, 2.75) is 6.42 Å². The first-order valence-electron chi connectivity index (χ1n) is 13.1. The summed E-state index contributed by atoms with van der Waals surface area (Å²) in [5.74, 6) is -0.299. The van der Waals surface area contributed by atoms with Gasteiger partial charge in [0.05, 0.1) is 23.8 Å². The van der Waals surface area contributed by atoms with E-state index in [-0.39, 0.29) is 0 Å². The molecule has 0 aliphatic carbocycles. The second-order valence-electron chi connectivity index (χ2n) is 9.60. The Hall–Kier alpha value is -4.69. The van der Waals surface area contributed by atoms with E-state index in [1.807, 2.05) is 79.0 Å². The number of nitrogens with one attached hydrogen (secondary N) is 1. The molecule has 1 aliphatic heterocycles. The van der Waals surface area contributed by atoms with Crippen molar-refractivity contribution in [2.24, 2.45) is 0 Å². The third-order valence-corrected chi connectivity index (χ3v) is 7.20. The van der Waals surface area contributed by atoms with E-state index >= 15 is 0 Å². The van der Waals surface area contributed by atoms with Crippen LogP contribution in [0.5, 0.6) is 0 Å². The Morgan fingerprint density at radius 2 is 1.74 bits per heavy atom. The average molecular weight is 520 g/mol. The highest BCUT2D eigenvalue weighted by Gasteiger charge is 2.26. The van der Waals surface area contributed by atoms with Crippen LogP contribution in [0.3, 0.4) is 0 Å². The number of aromatic nitrogens is 2. The molecule has 196 valence electrons. The maximum Gasteiger partial charge on any atom is 0.298 e. The summed E-state index contributed by atoms with van der Waals surface area (Å²) in [4.78, 5) is 35.9. The Balaban J connectivity index is 1.19. The fraction of sp³-hybridized carbons (Fsp3) is 0.194. The van der Waals surface area contributed by atoms with E-state index in [0.717, 1.165) is 67.2 Å². The SMILES string of the molecule is O=C(Nc1cnccc1N1CCN(CCc2ccco2)CC1)C(=O)c1c(-c2ccccc2)cc2ccccn12. The van der Waals surface area contributed by atoms with Gasteiger partial charge in [-0.1, -0.05) is 36.4 Å². The van der Waals surface area contributed by atoms with E-state index in [1.165, 1.54) is 0 Å². The molecule has 1 aliphatic rings. The lowest BCUT2D eigenvalue weighted by molar-refractivity contribution is -0.112. The van der Waals surface area contributed by atoms with E-state index < -0.39 is 11.7 Å². The number of hydrogen-bond acceptors (Lipinski definition) is 6. The smallest absolute Gasteiger partial charge is 0.298 e. The van der Waals surface area contributed by atoms with Crippen molar-refractivity contribution < 1.29 is 14.0 Å². The van der Waals surface area contributed by atoms with Gasteiger partial charge in [-0.05, 0) is 42.0 Å². The number of ketones is 1. The number of carbonyl (C=O) groups is 2. The van der Waals surface area contributed by atoms with Gasteiger partial charge in [-0.3, -0.25) is 19.5 Å². The molecule has 8 heteroatoms. The van der Waals surface area contributed by atoms with Crippen molar-refractivity contribution in [3.8, 4) is 11.1 Å². The molecule has 0 atom stereocenters. The van der Waals surface area contributed by atoms with Crippen LogP contribution in [0.4, 0.5) is 11.4 Å². The lowest BCUT2D eigenvalue weighted by atomic mass is 10.0. The Morgan fingerprint density at radius 3 is 2.54 bits per heavy atom. The lowest BCUT2D eigenvalue weighted by Crippen LogP contribution is -2.47. The van der Waals surface area contributed by atoms with Crippen LogP contribution < -0.4 is 10.2 Å². The standard InChI is InChI=1S/C31H29N5O3/c37-30(29-26(23-7-2-1-3-8-23)21-24-9-4-5-14-36(24)29)31(38)33-27-22-32-13-11-28(27)35-18-16-34(17-19-35)15-12-25-10-6-20-39-25/h1-11,13-14,20-22H,12,15-19H2,(H,33,38). The molecule has 0 unspecified atom stereocenters. The minimum absolute atomic E-state index is 0.338. The summed E-state index contributed by atoms with van der Waals surface area (Å²) in [7, 11) is 0. The van der Waals surface area contributed by atoms with Gasteiger partial charge < -0.3 is 19.0 Å². The van der Waals surface area contributed by atoms with E-state index in [9.17, 15) is 9.59 Å². The summed E-state index contributed by atoms with van der Waals surface area (Å²) in [6.07, 6.45) is 7.72. The number of piperazine rings is 1. The number of furan rings is 1. The molecule has 0 radical (unpaired) electrons. The van der Waals surface area contributed by atoms with Crippen LogP contribution in [0.15, 0.2) is 102 Å². The van der Waals surface area contributed by atoms with Gasteiger partial charge in [-0.15, -0.1) is 0 Å². The van der Waals surface area contributed by atoms with Gasteiger partial charge in [-0.25, -0.2) is 0 Å². The van der Waals surface area contributed by atoms with Crippen molar-refractivity contribution in [1.82, 2.24) is 14.3 Å². The van der Waals surface area contributed by atoms with Gasteiger partial charge in [0, 0.05) is 62.6 Å². The molecule has 8 nitrogen and oxygen atoms in total. The molecule has 6 rings (SSSR count). The number of pyridine rings is 2. The van der Waals surface area contributed by atoms with Crippen molar-refractivity contribution in [3.63, 3.8) is 0 Å². The predicted molar refractivity (Wildman–Crippen MR) is 151 cm³/mol. The van der Waals surface area contributed by atoms with E-state index in [1.54, 1.807) is 23.1 Å². The number of nitrogens with zero attached hydrogens (tertiary/aromatic N) is 4. The number of Topliss-reactive ketones (excluding diaryl/α,β-unsaturated/α-hetero) is 1. The number of hydrogen-bond donors (Lipinski definition) is 1. The van der Waals surface area contributed by atoms with Crippen molar-refractivity contribution >= 4 is 28.6 Å². The topological polar surface area (TPSA) is 83.1 Å². The molecule has 1 fully saturated rings. The van der Waals surface area contributed by atoms with Crippen LogP contribution in [0.25, 0.3) is 16.6 Å². The van der Waals surface area contributed by atoms with E-state index in [2.05, 4.69) is 20.1 Å². The zero-order valence-electron chi connectivity index (χ0n) is 21.5. The largest absolute Gasteiger partial charge is 0.469 e. The highest BCUT2D eigenvalue weighted by atomic mass is 16.3. The number of carbonyl (C=O) groups excluding carboxylic acids is 2. The summed E-state index contributed by atoms with van der Waals surface area (Å²) in [5, 5.41) is 2.86. The fourth-order valence-electron chi connectivity index (χ4n) is 5.17. The van der Waals surface area contributed by atoms with Crippen LogP contribution >= 0.6 is 0 Å². The zero-order chi connectivity index (χ0) is 26.6. The van der Waals surface area contributed by atoms with Crippen LogP contribution in [0, 0.1) is 0 Å². The molecule has 5 aromatic rings. The Bertz CT molecular complexity index is 1590. The highest BCUT2D eigenvalue weighted by Crippen LogP contribution is 2.30. The molecule has 1 N–H and O–H groups in total. The summed E-state index contributed by atoms with van der Waals surface area (Å²) in [6, 6.07) is 23.1. The van der Waals surface area contributed by atoms with E-state index in [0.29, 0.717) is 11.4 Å². The van der Waals surface area contributed by atoms with Crippen LogP contribution in [-0.2, 0) is 11.2 Å². The molecule has 4 aromatic heterocycles. The quantitative estimate of drug-likeness (QED) is 0.235. The van der Waals surface area contributed by atoms with E-state index in [4.69, 9.17) is 4.42 Å². The first kappa shape index (κ1) is 24.6. The zero-order valence-corrected chi connectivity index (χ0v) is 21.5. The predicted octanol–water partition coefficient (Wildman–Crippen LogP) is 4.78. The van der Waals surface area contributed by atoms with Crippen molar-refractivity contribution in [3.05, 3.63) is 109 Å². The summed E-state index contributed by atoms with van der Waals surface area (Å²) in [5.41, 5.74) is 4.18. The summed E-state index contributed by atoms with van der Waals surface area (Å²) in [6.45, 7) is 4.34. The number of amides is 1. The maximum atomic E-state index is 13.6. The van der Waals surface area contributed by atoms with Gasteiger partial charge in [0.1, 0.15) is 11.5 Å². The molecule has 1 aromatic carbocycles. The third-order valence-electron chi connectivity index (χ3n) is 7.20. The van der Waals surface area contributed by atoms with Gasteiger partial charge in [0.2, 0.25) is 0 Å². The highest BCUT2D eigenvalue weighted by molar-refractivity contribution is 6.47. The van der Waals surface area contributed by atoms with Crippen LogP contribution in [-0.4, -0.2) is 58.7 Å². The fourth-order valence-corrected chi connectivity index (χ4v) is 5.17. The molecule has 0 saturated carbocycles. The second-order valence-corrected chi connectivity index (χ2v) is 9.60. The maximum absolute atomic E-state index is 13.6. The molecule has 0 bridgehead atoms. The first-order valence-corrected chi connectivity index (χ1v) is 13.1. The lowest BCUT2D eigenvalue weighted by Gasteiger charge is -2.36. The van der Waals surface area contributed by atoms with Crippen molar-refractivity contribution in [2.75, 3.05) is 42.9 Å². The number of benzene rings is 1. The summed E-state index contributed by atoms with van der Waals surface area (Å²) >= 11 is 0. The molecule has 0 spiro atoms. The number of rotatable bonds is 8. The van der Waals surface area contributed by atoms with Crippen molar-refractivity contribution in [1.29, 1.82) is 0 Å². The average Bonchev–Trinajstić information content (AvgIpc) is 3.65. The second kappa shape index (κ2) is 11.0. The normalized spacial score (nSPS) is 14.0. The van der Waals surface area contributed by atoms with Gasteiger partial charge in [0.25, 0.3) is 11.7 Å². The monoisotopic (exact) mass is 519 g/mol. The van der Waals surface area contributed by atoms with Gasteiger partial charge >= 0.3 is 0 Å². The molecular formula is C31H29N5O3. The van der Waals surface area contributed by atoms with Gasteiger partial charge in [-0.2, -0.15) is 0 Å². The number of fused-ring (bicyclic) bond motifs is 1. The molecule has 1 saturated heterocycles. The minimum atomic E-state index is -0.692. The first-order chi connectivity index (χ1) is 19.2. The Labute approximate surface area is 226 Å². The minimum Gasteiger partial charge on any atom is -0.469 e. The Morgan fingerprint density at radius 1 is 0.923 bits per heavy atom. The Kier molecular flexibility index (Phi) is 6.93. The molecule has 5 heterocycles.